The molecular weight excluding hydrogens is 346 g/mol. The minimum absolute atomic E-state index is 0.316. The quantitative estimate of drug-likeness (QED) is 0.435. The molecular formula is C15H19N5O4S. The van der Waals surface area contributed by atoms with Crippen LogP contribution in [0.4, 0.5) is 10.5 Å². The highest BCUT2D eigenvalue weighted by Gasteiger charge is 2.12. The molecule has 0 spiro atoms. The zero-order valence-electron chi connectivity index (χ0n) is 14.1. The molecule has 1 aromatic heterocycles. The maximum atomic E-state index is 12.0. The largest absolute Gasteiger partial charge is 0.495 e. The molecule has 10 heteroatoms. The summed E-state index contributed by atoms with van der Waals surface area (Å²) in [6.45, 7) is 0.433. The summed E-state index contributed by atoms with van der Waals surface area (Å²) >= 11 is 1.48. The summed E-state index contributed by atoms with van der Waals surface area (Å²) in [6.07, 6.45) is 1.61. The summed E-state index contributed by atoms with van der Waals surface area (Å²) in [5.41, 5.74) is 0.695. The first-order chi connectivity index (χ1) is 12.0. The third-order valence-corrected chi connectivity index (χ3v) is 4.19. The van der Waals surface area contributed by atoms with Crippen molar-refractivity contribution in [3.8, 4) is 5.75 Å². The molecule has 2 amide bonds. The minimum atomic E-state index is -0.494. The van der Waals surface area contributed by atoms with E-state index in [9.17, 15) is 9.59 Å². The van der Waals surface area contributed by atoms with Gasteiger partial charge in [0.15, 0.2) is 5.16 Å². The van der Waals surface area contributed by atoms with Gasteiger partial charge >= 0.3 is 12.0 Å². The van der Waals surface area contributed by atoms with Crippen LogP contribution in [0.1, 0.15) is 10.4 Å². The van der Waals surface area contributed by atoms with Crippen molar-refractivity contribution < 1.29 is 19.1 Å². The smallest absolute Gasteiger partial charge is 0.337 e. The number of benzene rings is 1. The molecule has 134 valence electrons. The maximum Gasteiger partial charge on any atom is 0.337 e. The van der Waals surface area contributed by atoms with E-state index in [2.05, 4.69) is 25.6 Å². The Bertz CT molecular complexity index is 749. The first-order valence-electron chi connectivity index (χ1n) is 7.33. The summed E-state index contributed by atoms with van der Waals surface area (Å²) in [5.74, 6) is 0.585. The molecule has 0 bridgehead atoms. The Morgan fingerprint density at radius 1 is 1.32 bits per heavy atom. The van der Waals surface area contributed by atoms with Gasteiger partial charge in [-0.05, 0) is 18.2 Å². The van der Waals surface area contributed by atoms with Crippen LogP contribution >= 0.6 is 11.8 Å². The number of carbonyl (C=O) groups is 2. The topological polar surface area (TPSA) is 107 Å². The highest BCUT2D eigenvalue weighted by molar-refractivity contribution is 7.99. The van der Waals surface area contributed by atoms with Gasteiger partial charge < -0.3 is 24.7 Å². The number of hydrogen-bond donors (Lipinski definition) is 2. The van der Waals surface area contributed by atoms with Crippen LogP contribution in [0.3, 0.4) is 0 Å². The van der Waals surface area contributed by atoms with Gasteiger partial charge in [0.1, 0.15) is 12.1 Å². The van der Waals surface area contributed by atoms with Crippen LogP contribution in [0.5, 0.6) is 5.75 Å². The summed E-state index contributed by atoms with van der Waals surface area (Å²) in [5, 5.41) is 13.9. The minimum Gasteiger partial charge on any atom is -0.495 e. The van der Waals surface area contributed by atoms with E-state index in [1.807, 2.05) is 7.05 Å². The second-order valence-corrected chi connectivity index (χ2v) is 5.92. The highest BCUT2D eigenvalue weighted by Crippen LogP contribution is 2.25. The molecule has 0 unspecified atom stereocenters. The number of carbonyl (C=O) groups excluding carboxylic acids is 2. The molecule has 2 N–H and O–H groups in total. The van der Waals surface area contributed by atoms with Gasteiger partial charge in [-0.2, -0.15) is 0 Å². The van der Waals surface area contributed by atoms with E-state index in [1.54, 1.807) is 23.0 Å². The van der Waals surface area contributed by atoms with Crippen LogP contribution in [0.15, 0.2) is 29.7 Å². The van der Waals surface area contributed by atoms with Crippen molar-refractivity contribution in [3.05, 3.63) is 30.1 Å². The summed E-state index contributed by atoms with van der Waals surface area (Å²) in [6, 6.07) is 4.24. The Kier molecular flexibility index (Phi) is 6.63. The molecule has 1 aromatic carbocycles. The molecule has 0 saturated carbocycles. The fraction of sp³-hybridized carbons (Fsp3) is 0.333. The van der Waals surface area contributed by atoms with Crippen molar-refractivity contribution in [2.45, 2.75) is 5.16 Å². The van der Waals surface area contributed by atoms with Crippen LogP contribution < -0.4 is 15.4 Å². The Morgan fingerprint density at radius 3 is 2.76 bits per heavy atom. The number of aromatic nitrogens is 3. The van der Waals surface area contributed by atoms with E-state index in [1.165, 1.54) is 32.0 Å². The maximum absolute atomic E-state index is 12.0. The molecule has 0 aliphatic heterocycles. The standard InChI is InChI=1S/C15H19N5O4S/c1-20-9-17-19-15(20)25-7-6-16-14(22)18-11-8-10(13(21)24-3)4-5-12(11)23-2/h4-5,8-9H,6-7H2,1-3H3,(H2,16,18,22). The molecule has 0 aliphatic rings. The normalized spacial score (nSPS) is 10.2. The molecule has 25 heavy (non-hydrogen) atoms. The number of thioether (sulfide) groups is 1. The first kappa shape index (κ1) is 18.6. The predicted molar refractivity (Wildman–Crippen MR) is 93.1 cm³/mol. The van der Waals surface area contributed by atoms with E-state index >= 15 is 0 Å². The van der Waals surface area contributed by atoms with Gasteiger partial charge in [0.2, 0.25) is 0 Å². The summed E-state index contributed by atoms with van der Waals surface area (Å²) < 4.78 is 11.7. The van der Waals surface area contributed by atoms with Gasteiger partial charge in [-0.25, -0.2) is 9.59 Å². The number of nitrogens with one attached hydrogen (secondary N) is 2. The monoisotopic (exact) mass is 365 g/mol. The lowest BCUT2D eigenvalue weighted by atomic mass is 10.2. The molecule has 0 fully saturated rings. The summed E-state index contributed by atoms with van der Waals surface area (Å²) in [7, 11) is 4.62. The molecule has 2 aromatic rings. The SMILES string of the molecule is COC(=O)c1ccc(OC)c(NC(=O)NCCSc2nncn2C)c1. The molecule has 9 nitrogen and oxygen atoms in total. The lowest BCUT2D eigenvalue weighted by molar-refractivity contribution is 0.0600. The van der Waals surface area contributed by atoms with E-state index < -0.39 is 12.0 Å². The average Bonchev–Trinajstić information content (AvgIpc) is 3.03. The molecule has 0 atom stereocenters. The van der Waals surface area contributed by atoms with Gasteiger partial charge in [-0.1, -0.05) is 11.8 Å². The lowest BCUT2D eigenvalue weighted by Crippen LogP contribution is -2.30. The van der Waals surface area contributed by atoms with Crippen molar-refractivity contribution in [3.63, 3.8) is 0 Å². The fourth-order valence-electron chi connectivity index (χ4n) is 1.93. The van der Waals surface area contributed by atoms with E-state index in [-0.39, 0.29) is 0 Å². The van der Waals surface area contributed by atoms with E-state index in [0.29, 0.717) is 29.3 Å². The zero-order chi connectivity index (χ0) is 18.2. The van der Waals surface area contributed by atoms with Crippen molar-refractivity contribution in [2.75, 3.05) is 31.8 Å². The van der Waals surface area contributed by atoms with Crippen molar-refractivity contribution in [2.24, 2.45) is 7.05 Å². The zero-order valence-corrected chi connectivity index (χ0v) is 14.9. The summed E-state index contributed by atoms with van der Waals surface area (Å²) in [4.78, 5) is 23.6. The van der Waals surface area contributed by atoms with Gasteiger partial charge in [-0.3, -0.25) is 0 Å². The third-order valence-electron chi connectivity index (χ3n) is 3.16. The second kappa shape index (κ2) is 8.92. The number of aryl methyl sites for hydroxylation is 1. The molecule has 0 radical (unpaired) electrons. The van der Waals surface area contributed by atoms with Crippen molar-refractivity contribution in [1.82, 2.24) is 20.1 Å². The number of anilines is 1. The number of esters is 1. The van der Waals surface area contributed by atoms with Crippen LogP contribution in [-0.4, -0.2) is 53.3 Å². The number of amides is 2. The number of hydrogen-bond acceptors (Lipinski definition) is 7. The Labute approximate surface area is 149 Å². The first-order valence-corrected chi connectivity index (χ1v) is 8.31. The molecule has 2 rings (SSSR count). The third kappa shape index (κ3) is 5.11. The van der Waals surface area contributed by atoms with E-state index in [0.717, 1.165) is 5.16 Å². The van der Waals surface area contributed by atoms with Gasteiger partial charge in [0.05, 0.1) is 25.5 Å². The van der Waals surface area contributed by atoms with Gasteiger partial charge in [0.25, 0.3) is 0 Å². The Balaban J connectivity index is 1.88. The van der Waals surface area contributed by atoms with Crippen LogP contribution in [0.2, 0.25) is 0 Å². The highest BCUT2D eigenvalue weighted by atomic mass is 32.2. The van der Waals surface area contributed by atoms with Crippen LogP contribution in [-0.2, 0) is 11.8 Å². The number of urea groups is 1. The Hall–Kier alpha value is -2.75. The lowest BCUT2D eigenvalue weighted by Gasteiger charge is -2.12. The number of methoxy groups -OCH3 is 2. The van der Waals surface area contributed by atoms with Crippen molar-refractivity contribution in [1.29, 1.82) is 0 Å². The number of nitrogens with zero attached hydrogens (tertiary/aromatic N) is 3. The fourth-order valence-corrected chi connectivity index (χ4v) is 2.67. The van der Waals surface area contributed by atoms with E-state index in [4.69, 9.17) is 4.74 Å². The van der Waals surface area contributed by atoms with Crippen LogP contribution in [0.25, 0.3) is 0 Å². The molecule has 0 saturated heterocycles. The molecule has 1 heterocycles. The van der Waals surface area contributed by atoms with Crippen LogP contribution in [0, 0.1) is 0 Å². The van der Waals surface area contributed by atoms with Gasteiger partial charge in [0, 0.05) is 19.3 Å². The number of rotatable bonds is 7. The van der Waals surface area contributed by atoms with Gasteiger partial charge in [-0.15, -0.1) is 10.2 Å². The molecule has 0 aliphatic carbocycles. The second-order valence-electron chi connectivity index (χ2n) is 4.86. The average molecular weight is 365 g/mol. The number of ether oxygens (including phenoxy) is 2. The predicted octanol–water partition coefficient (Wildman–Crippen LogP) is 1.52. The van der Waals surface area contributed by atoms with Crippen molar-refractivity contribution >= 4 is 29.4 Å². The Morgan fingerprint density at radius 2 is 2.12 bits per heavy atom.